The van der Waals surface area contributed by atoms with Crippen molar-refractivity contribution in [2.24, 2.45) is 28.7 Å². The Morgan fingerprint density at radius 3 is 2.09 bits per heavy atom. The second kappa shape index (κ2) is 21.9. The molecule has 0 aromatic heterocycles. The molecule has 1 unspecified atom stereocenters. The molecule has 1 heterocycles. The van der Waals surface area contributed by atoms with Crippen LogP contribution < -0.4 is 55.3 Å². The van der Waals surface area contributed by atoms with Crippen molar-refractivity contribution in [3.63, 3.8) is 0 Å². The van der Waals surface area contributed by atoms with Gasteiger partial charge >= 0.3 is 0 Å². The first kappa shape index (κ1) is 43.7. The van der Waals surface area contributed by atoms with Gasteiger partial charge in [0.2, 0.25) is 29.5 Å². The van der Waals surface area contributed by atoms with Crippen LogP contribution in [0.4, 0.5) is 0 Å². The molecule has 2 aromatic carbocycles. The minimum absolute atomic E-state index is 0.00308. The summed E-state index contributed by atoms with van der Waals surface area (Å²) in [5.41, 5.74) is 31.7. The Balaban J connectivity index is 1.63. The van der Waals surface area contributed by atoms with Crippen LogP contribution in [0.5, 0.6) is 5.75 Å². The van der Waals surface area contributed by atoms with Crippen molar-refractivity contribution in [2.45, 2.75) is 87.4 Å². The average Bonchev–Trinajstić information content (AvgIpc) is 3.16. The lowest BCUT2D eigenvalue weighted by Gasteiger charge is -2.25. The van der Waals surface area contributed by atoms with Gasteiger partial charge in [-0.05, 0) is 60.1 Å². The summed E-state index contributed by atoms with van der Waals surface area (Å²) < 4.78 is 0. The Morgan fingerprint density at radius 2 is 1.43 bits per heavy atom. The monoisotopic (exact) mass is 756 g/mol. The Bertz CT molecular complexity index is 1580. The number of phenols is 1. The number of aliphatic hydroxyl groups excluding tert-OH is 2. The number of phenolic OH excluding ortho intramolecular Hbond substituents is 1. The zero-order valence-electron chi connectivity index (χ0n) is 30.3. The average molecular weight is 757 g/mol. The molecule has 0 radical (unpaired) electrons. The summed E-state index contributed by atoms with van der Waals surface area (Å²) in [4.78, 5) is 64.8. The fourth-order valence-electron chi connectivity index (χ4n) is 5.75. The maximum Gasteiger partial charge on any atom is 0.243 e. The summed E-state index contributed by atoms with van der Waals surface area (Å²) >= 11 is 0. The summed E-state index contributed by atoms with van der Waals surface area (Å²) in [6.45, 7) is 0.191. The fourth-order valence-corrected chi connectivity index (χ4v) is 5.75. The van der Waals surface area contributed by atoms with E-state index in [0.29, 0.717) is 30.4 Å². The van der Waals surface area contributed by atoms with Gasteiger partial charge in [-0.15, -0.1) is 0 Å². The van der Waals surface area contributed by atoms with E-state index >= 15 is 0 Å². The van der Waals surface area contributed by atoms with Crippen LogP contribution in [-0.4, -0.2) is 120 Å². The summed E-state index contributed by atoms with van der Waals surface area (Å²) in [5.74, 6) is -2.85. The van der Waals surface area contributed by atoms with Gasteiger partial charge in [0.1, 0.15) is 17.8 Å². The zero-order chi connectivity index (χ0) is 39.8. The Labute approximate surface area is 314 Å². The third-order valence-corrected chi connectivity index (χ3v) is 9.04. The number of rotatable bonds is 17. The highest BCUT2D eigenvalue weighted by Crippen LogP contribution is 2.28. The number of aliphatic hydroxyl groups is 2. The Kier molecular flexibility index (Phi) is 17.7. The van der Waals surface area contributed by atoms with Gasteiger partial charge in [0, 0.05) is 52.0 Å². The number of benzene rings is 2. The standard InChI is InChI=1S/C36H56N10O8/c37-17-24(47)16-30-36(54)46-29(13-20-4-1-5-21(12-20)22-8-9-31(49)23(14-22)15-28(41)34(52)45-30)35(53)43-11-3-6-26(39)32(50)42-10-2-7-27(40)33(51)44-19-25(48)18-38/h1,4-5,8-9,12,14,24-30,47-49H,2-3,6-7,10-11,13,15-19,37-41H2,(H,42,50)(H,43,53)(H,44,51)(H,45,52)(H,46,54)/t24-,25?,26+,27+,28+,29+,30+/m1/s1. The van der Waals surface area contributed by atoms with E-state index in [1.165, 1.54) is 6.07 Å². The summed E-state index contributed by atoms with van der Waals surface area (Å²) in [5, 5.41) is 43.5. The quantitative estimate of drug-likeness (QED) is 0.0687. The van der Waals surface area contributed by atoms with Gasteiger partial charge in [0.25, 0.3) is 0 Å². The van der Waals surface area contributed by atoms with Crippen LogP contribution in [0.25, 0.3) is 11.1 Å². The van der Waals surface area contributed by atoms with Crippen LogP contribution in [0.3, 0.4) is 0 Å². The van der Waals surface area contributed by atoms with Crippen LogP contribution in [0, 0.1) is 0 Å². The van der Waals surface area contributed by atoms with Gasteiger partial charge in [-0.3, -0.25) is 24.0 Å². The number of aromatic hydroxyl groups is 1. The van der Waals surface area contributed by atoms with Crippen molar-refractivity contribution in [1.82, 2.24) is 26.6 Å². The number of carbonyl (C=O) groups excluding carboxylic acids is 5. The molecule has 0 aliphatic carbocycles. The number of fused-ring (bicyclic) bond motifs is 5. The zero-order valence-corrected chi connectivity index (χ0v) is 30.3. The van der Waals surface area contributed by atoms with E-state index in [1.54, 1.807) is 24.3 Å². The number of nitrogens with one attached hydrogen (secondary N) is 5. The normalized spacial score (nSPS) is 19.8. The molecule has 0 spiro atoms. The summed E-state index contributed by atoms with van der Waals surface area (Å²) in [7, 11) is 0. The SMILES string of the molecule is NCC(O)CNC(=O)[C@@H](N)CCCNC(=O)[C@@H](N)CCCNC(=O)[C@@H]1Cc2cccc(c2)-c2ccc(O)c(c2)C[C@H](N)C(=O)N[C@@H](C[C@@H](O)CN)C(=O)N1. The lowest BCUT2D eigenvalue weighted by molar-refractivity contribution is -0.133. The van der Waals surface area contributed by atoms with Crippen molar-refractivity contribution in [3.05, 3.63) is 53.6 Å². The maximum absolute atomic E-state index is 13.6. The maximum atomic E-state index is 13.6. The fraction of sp³-hybridized carbons (Fsp3) is 0.528. The van der Waals surface area contributed by atoms with Gasteiger partial charge in [0.05, 0.1) is 30.3 Å². The molecule has 5 amide bonds. The molecule has 0 saturated carbocycles. The van der Waals surface area contributed by atoms with Crippen LogP contribution in [0.1, 0.15) is 43.2 Å². The lowest BCUT2D eigenvalue weighted by Crippen LogP contribution is -2.57. The molecule has 1 aliphatic rings. The molecule has 298 valence electrons. The highest BCUT2D eigenvalue weighted by atomic mass is 16.3. The second-order valence-corrected chi connectivity index (χ2v) is 13.5. The molecule has 54 heavy (non-hydrogen) atoms. The smallest absolute Gasteiger partial charge is 0.243 e. The van der Waals surface area contributed by atoms with Crippen LogP contribution in [0.15, 0.2) is 42.5 Å². The summed E-state index contributed by atoms with van der Waals surface area (Å²) in [6.07, 6.45) is -0.940. The number of hydrogen-bond acceptors (Lipinski definition) is 13. The first-order valence-corrected chi connectivity index (χ1v) is 18.1. The van der Waals surface area contributed by atoms with E-state index < -0.39 is 72.0 Å². The van der Waals surface area contributed by atoms with Crippen LogP contribution in [-0.2, 0) is 36.8 Å². The molecule has 7 atom stereocenters. The lowest BCUT2D eigenvalue weighted by atomic mass is 9.96. The Hall–Kier alpha value is -4.69. The predicted molar refractivity (Wildman–Crippen MR) is 201 cm³/mol. The number of amides is 5. The molecule has 1 aliphatic heterocycles. The van der Waals surface area contributed by atoms with Crippen LogP contribution >= 0.6 is 0 Å². The number of nitrogens with two attached hydrogens (primary N) is 5. The topological polar surface area (TPSA) is 336 Å². The van der Waals surface area contributed by atoms with E-state index in [0.717, 1.165) is 11.1 Å². The number of hydrogen-bond donors (Lipinski definition) is 13. The molecule has 4 bridgehead atoms. The molecule has 18 heteroatoms. The van der Waals surface area contributed by atoms with Crippen molar-refractivity contribution in [3.8, 4) is 16.9 Å². The Morgan fingerprint density at radius 1 is 0.796 bits per heavy atom. The van der Waals surface area contributed by atoms with E-state index in [9.17, 15) is 39.3 Å². The first-order valence-electron chi connectivity index (χ1n) is 18.1. The minimum Gasteiger partial charge on any atom is -0.508 e. The highest BCUT2D eigenvalue weighted by molar-refractivity contribution is 5.93. The van der Waals surface area contributed by atoms with Gasteiger partial charge in [0.15, 0.2) is 0 Å². The minimum atomic E-state index is -1.28. The molecule has 18 nitrogen and oxygen atoms in total. The molecular formula is C36H56N10O8. The first-order chi connectivity index (χ1) is 25.7. The molecule has 0 saturated heterocycles. The highest BCUT2D eigenvalue weighted by Gasteiger charge is 2.30. The van der Waals surface area contributed by atoms with E-state index in [1.807, 2.05) is 12.1 Å². The number of carbonyl (C=O) groups is 5. The van der Waals surface area contributed by atoms with E-state index in [-0.39, 0.29) is 64.2 Å². The van der Waals surface area contributed by atoms with Crippen molar-refractivity contribution in [1.29, 1.82) is 0 Å². The summed E-state index contributed by atoms with van der Waals surface area (Å²) in [6, 6.07) is 7.04. The van der Waals surface area contributed by atoms with Gasteiger partial charge in [-0.1, -0.05) is 30.3 Å². The van der Waals surface area contributed by atoms with Gasteiger partial charge in [-0.25, -0.2) is 0 Å². The van der Waals surface area contributed by atoms with Gasteiger partial charge in [-0.2, -0.15) is 0 Å². The van der Waals surface area contributed by atoms with Crippen molar-refractivity contribution >= 4 is 29.5 Å². The van der Waals surface area contributed by atoms with Crippen LogP contribution in [0.2, 0.25) is 0 Å². The molecule has 18 N–H and O–H groups in total. The molecule has 2 aromatic rings. The van der Waals surface area contributed by atoms with Gasteiger partial charge < -0.3 is 70.6 Å². The molecular weight excluding hydrogens is 700 g/mol. The molecule has 0 fully saturated rings. The third-order valence-electron chi connectivity index (χ3n) is 9.04. The third kappa shape index (κ3) is 13.9. The van der Waals surface area contributed by atoms with Crippen molar-refractivity contribution in [2.75, 3.05) is 32.7 Å². The van der Waals surface area contributed by atoms with E-state index in [2.05, 4.69) is 26.6 Å². The predicted octanol–water partition coefficient (Wildman–Crippen LogP) is -3.95. The second-order valence-electron chi connectivity index (χ2n) is 13.5. The molecule has 3 rings (SSSR count). The van der Waals surface area contributed by atoms with E-state index in [4.69, 9.17) is 28.7 Å². The largest absolute Gasteiger partial charge is 0.508 e. The van der Waals surface area contributed by atoms with Crippen molar-refractivity contribution < 1.29 is 39.3 Å².